The Morgan fingerprint density at radius 3 is 1.50 bits per heavy atom. The first kappa shape index (κ1) is 28.6. The molecule has 0 fully saturated rings. The van der Waals surface area contributed by atoms with Crippen LogP contribution < -0.4 is 22.1 Å². The number of aromatic nitrogens is 4. The summed E-state index contributed by atoms with van der Waals surface area (Å²) in [5.41, 5.74) is 10.8. The third-order valence-corrected chi connectivity index (χ3v) is 5.29. The van der Waals surface area contributed by atoms with E-state index in [1.165, 1.54) is 22.7 Å². The van der Waals surface area contributed by atoms with Crippen LogP contribution >= 0.6 is 49.7 Å². The molecule has 2 atom stereocenters. The van der Waals surface area contributed by atoms with E-state index in [2.05, 4.69) is 31.0 Å². The Bertz CT molecular complexity index is 725. The van der Waals surface area contributed by atoms with Crippen molar-refractivity contribution in [2.45, 2.75) is 37.8 Å². The second-order valence-electron chi connectivity index (χ2n) is 5.77. The Morgan fingerprint density at radius 1 is 0.800 bits per heavy atom. The molecule has 0 aliphatic carbocycles. The standard InChI is InChI=1S/C14H22N8O4S2.2H2S/c15-7(5-23)11(25)17-13-21-19-9(27-13)3-1-2-4-10-20-22-14(28-10)18-12(26)8(16)6-24;;/h7-8,23-24H,1-6,15-16H2,(H,17,21,25)(H,18,22,26);2*1H2/t7-,8-;;/m0../s1. The first-order valence-corrected chi connectivity index (χ1v) is 10.1. The number of rotatable bonds is 11. The predicted molar refractivity (Wildman–Crippen MR) is 125 cm³/mol. The van der Waals surface area contributed by atoms with Crippen molar-refractivity contribution in [3.05, 3.63) is 10.0 Å². The van der Waals surface area contributed by atoms with Gasteiger partial charge in [0.25, 0.3) is 0 Å². The van der Waals surface area contributed by atoms with Crippen molar-refractivity contribution in [3.63, 3.8) is 0 Å². The molecule has 0 aliphatic heterocycles. The van der Waals surface area contributed by atoms with Gasteiger partial charge in [-0.3, -0.25) is 20.2 Å². The summed E-state index contributed by atoms with van der Waals surface area (Å²) in [7, 11) is 0. The number of aliphatic hydroxyl groups excluding tert-OH is 2. The number of carbonyl (C=O) groups is 2. The van der Waals surface area contributed by atoms with Crippen LogP contribution in [0.25, 0.3) is 0 Å². The van der Waals surface area contributed by atoms with Gasteiger partial charge in [-0.15, -0.1) is 20.4 Å². The number of nitrogens with two attached hydrogens (primary N) is 2. The molecule has 0 aromatic carbocycles. The summed E-state index contributed by atoms with van der Waals surface area (Å²) in [6, 6.07) is -1.98. The summed E-state index contributed by atoms with van der Waals surface area (Å²) in [5.74, 6) is -1.02. The molecule has 12 nitrogen and oxygen atoms in total. The molecular weight excluding hydrogens is 472 g/mol. The lowest BCUT2D eigenvalue weighted by Crippen LogP contribution is -2.38. The maximum Gasteiger partial charge on any atom is 0.245 e. The number of anilines is 2. The molecule has 170 valence electrons. The van der Waals surface area contributed by atoms with Gasteiger partial charge < -0.3 is 21.7 Å². The summed E-state index contributed by atoms with van der Waals surface area (Å²) in [6.45, 7) is -0.883. The van der Waals surface area contributed by atoms with Gasteiger partial charge in [-0.05, 0) is 12.8 Å². The van der Waals surface area contributed by atoms with Crippen LogP contribution in [-0.2, 0) is 22.4 Å². The number of nitrogens with one attached hydrogen (secondary N) is 2. The SMILES string of the molecule is N[C@@H](CO)C(=O)Nc1nnc(CCCCc2nnc(NC(=O)[C@@H](N)CO)s2)s1.S.S. The van der Waals surface area contributed by atoms with E-state index in [4.69, 9.17) is 21.7 Å². The van der Waals surface area contributed by atoms with E-state index in [-0.39, 0.29) is 27.0 Å². The smallest absolute Gasteiger partial charge is 0.245 e. The molecule has 0 saturated heterocycles. The van der Waals surface area contributed by atoms with E-state index in [1.807, 2.05) is 0 Å². The lowest BCUT2D eigenvalue weighted by Gasteiger charge is -2.05. The molecule has 16 heteroatoms. The molecule has 8 N–H and O–H groups in total. The van der Waals surface area contributed by atoms with Gasteiger partial charge in [0.05, 0.1) is 13.2 Å². The molecule has 0 radical (unpaired) electrons. The summed E-state index contributed by atoms with van der Waals surface area (Å²) >= 11 is 2.51. The maximum atomic E-state index is 11.6. The Kier molecular flexibility index (Phi) is 13.9. The predicted octanol–water partition coefficient (Wildman–Crippen LogP) is -1.30. The van der Waals surface area contributed by atoms with Crippen LogP contribution in [-0.4, -0.2) is 67.7 Å². The summed E-state index contributed by atoms with van der Waals surface area (Å²) < 4.78 is 0. The van der Waals surface area contributed by atoms with Gasteiger partial charge in [-0.2, -0.15) is 27.0 Å². The lowest BCUT2D eigenvalue weighted by atomic mass is 10.2. The average molecular weight is 499 g/mol. The molecule has 2 aromatic heterocycles. The minimum atomic E-state index is -0.992. The molecule has 0 aliphatic rings. The van der Waals surface area contributed by atoms with Crippen molar-refractivity contribution in [2.75, 3.05) is 23.8 Å². The van der Waals surface area contributed by atoms with Gasteiger partial charge >= 0.3 is 0 Å². The van der Waals surface area contributed by atoms with E-state index in [9.17, 15) is 9.59 Å². The van der Waals surface area contributed by atoms with E-state index in [0.29, 0.717) is 23.1 Å². The van der Waals surface area contributed by atoms with Crippen LogP contribution in [0.15, 0.2) is 0 Å². The largest absolute Gasteiger partial charge is 0.394 e. The molecule has 0 unspecified atom stereocenters. The second-order valence-corrected chi connectivity index (χ2v) is 7.89. The number of aryl methyl sites for hydroxylation is 2. The average Bonchev–Trinajstić information content (AvgIpc) is 3.33. The van der Waals surface area contributed by atoms with Crippen LogP contribution in [0.1, 0.15) is 22.9 Å². The van der Waals surface area contributed by atoms with Crippen LogP contribution in [0.2, 0.25) is 0 Å². The molecule has 2 aromatic rings. The van der Waals surface area contributed by atoms with Crippen molar-refractivity contribution < 1.29 is 19.8 Å². The van der Waals surface area contributed by atoms with Crippen LogP contribution in [0.4, 0.5) is 10.3 Å². The van der Waals surface area contributed by atoms with Crippen molar-refractivity contribution >= 4 is 71.7 Å². The molecule has 0 saturated carbocycles. The van der Waals surface area contributed by atoms with Crippen molar-refractivity contribution in [1.29, 1.82) is 0 Å². The van der Waals surface area contributed by atoms with Gasteiger partial charge in [-0.1, -0.05) is 22.7 Å². The van der Waals surface area contributed by atoms with Gasteiger partial charge in [0, 0.05) is 12.8 Å². The fourth-order valence-corrected chi connectivity index (χ4v) is 3.49. The number of unbranched alkanes of at least 4 members (excludes halogenated alkanes) is 1. The van der Waals surface area contributed by atoms with E-state index >= 15 is 0 Å². The molecule has 30 heavy (non-hydrogen) atoms. The third kappa shape index (κ3) is 9.17. The molecular formula is C14H26N8O4S4. The van der Waals surface area contributed by atoms with Crippen molar-refractivity contribution in [1.82, 2.24) is 20.4 Å². The minimum absolute atomic E-state index is 0. The molecule has 0 bridgehead atoms. The van der Waals surface area contributed by atoms with Gasteiger partial charge in [0.15, 0.2) is 0 Å². The second kappa shape index (κ2) is 14.6. The quantitative estimate of drug-likeness (QED) is 0.202. The Balaban J connectivity index is 0.00000420. The first-order chi connectivity index (χ1) is 13.4. The molecule has 2 rings (SSSR count). The molecule has 2 amide bonds. The number of aliphatic hydroxyl groups is 2. The zero-order valence-electron chi connectivity index (χ0n) is 15.9. The van der Waals surface area contributed by atoms with E-state index < -0.39 is 37.1 Å². The number of carbonyl (C=O) groups excluding carboxylic acids is 2. The van der Waals surface area contributed by atoms with E-state index in [1.54, 1.807) is 0 Å². The maximum absolute atomic E-state index is 11.6. The number of hydrogen-bond acceptors (Lipinski definition) is 12. The van der Waals surface area contributed by atoms with Crippen LogP contribution in [0, 0.1) is 0 Å². The third-order valence-electron chi connectivity index (χ3n) is 3.49. The Labute approximate surface area is 194 Å². The van der Waals surface area contributed by atoms with Gasteiger partial charge in [0.2, 0.25) is 22.1 Å². The minimum Gasteiger partial charge on any atom is -0.394 e. The monoisotopic (exact) mass is 498 g/mol. The topological polar surface area (TPSA) is 202 Å². The highest BCUT2D eigenvalue weighted by Gasteiger charge is 2.16. The van der Waals surface area contributed by atoms with Gasteiger partial charge in [0.1, 0.15) is 22.1 Å². The Morgan fingerprint density at radius 2 is 1.17 bits per heavy atom. The summed E-state index contributed by atoms with van der Waals surface area (Å²) in [5, 5.41) is 40.7. The number of nitrogens with zero attached hydrogens (tertiary/aromatic N) is 4. The fourth-order valence-electron chi connectivity index (χ4n) is 1.92. The highest BCUT2D eigenvalue weighted by atomic mass is 32.1. The summed E-state index contributed by atoms with van der Waals surface area (Å²) in [4.78, 5) is 23.2. The van der Waals surface area contributed by atoms with Crippen LogP contribution in [0.5, 0.6) is 0 Å². The highest BCUT2D eigenvalue weighted by Crippen LogP contribution is 2.20. The Hall–Kier alpha value is -1.40. The lowest BCUT2D eigenvalue weighted by molar-refractivity contribution is -0.119. The van der Waals surface area contributed by atoms with E-state index in [0.717, 1.165) is 22.9 Å². The first-order valence-electron chi connectivity index (χ1n) is 8.42. The fraction of sp³-hybridized carbons (Fsp3) is 0.571. The summed E-state index contributed by atoms with van der Waals surface area (Å²) in [6.07, 6.45) is 3.03. The number of amides is 2. The highest BCUT2D eigenvalue weighted by molar-refractivity contribution is 7.59. The van der Waals surface area contributed by atoms with Crippen molar-refractivity contribution in [3.8, 4) is 0 Å². The number of hydrogen-bond donors (Lipinski definition) is 6. The molecule has 2 heterocycles. The van der Waals surface area contributed by atoms with Gasteiger partial charge in [-0.25, -0.2) is 0 Å². The zero-order chi connectivity index (χ0) is 20.5. The normalized spacial score (nSPS) is 12.3. The molecule has 0 spiro atoms. The van der Waals surface area contributed by atoms with Crippen LogP contribution in [0.3, 0.4) is 0 Å². The van der Waals surface area contributed by atoms with Crippen molar-refractivity contribution in [2.24, 2.45) is 11.5 Å². The zero-order valence-corrected chi connectivity index (χ0v) is 19.5.